The molecule has 0 bridgehead atoms. The quantitative estimate of drug-likeness (QED) is 0.835. The fraction of sp³-hybridized carbons (Fsp3) is 0.438. The van der Waals surface area contributed by atoms with Crippen LogP contribution in [0.5, 0.6) is 0 Å². The SMILES string of the molecule is CC(=O)c1cccc(NC(=O)N[C@@H](C)C(=O)N2CCCC2)c1. The van der Waals surface area contributed by atoms with Crippen LogP contribution in [-0.4, -0.2) is 41.8 Å². The third-order valence-corrected chi connectivity index (χ3v) is 3.66. The van der Waals surface area contributed by atoms with Crippen LogP contribution in [0.25, 0.3) is 0 Å². The van der Waals surface area contributed by atoms with E-state index in [2.05, 4.69) is 10.6 Å². The number of ketones is 1. The van der Waals surface area contributed by atoms with Crippen molar-refractivity contribution in [2.45, 2.75) is 32.7 Å². The van der Waals surface area contributed by atoms with Gasteiger partial charge < -0.3 is 15.5 Å². The highest BCUT2D eigenvalue weighted by Crippen LogP contribution is 2.12. The molecule has 1 aromatic carbocycles. The summed E-state index contributed by atoms with van der Waals surface area (Å²) in [6.07, 6.45) is 2.03. The molecule has 6 heteroatoms. The monoisotopic (exact) mass is 303 g/mol. The Balaban J connectivity index is 1.90. The van der Waals surface area contributed by atoms with Crippen molar-refractivity contribution in [3.8, 4) is 0 Å². The molecule has 0 saturated carbocycles. The molecule has 118 valence electrons. The molecular formula is C16H21N3O3. The third-order valence-electron chi connectivity index (χ3n) is 3.66. The van der Waals surface area contributed by atoms with Crippen molar-refractivity contribution in [2.24, 2.45) is 0 Å². The normalized spacial score (nSPS) is 15.3. The lowest BCUT2D eigenvalue weighted by atomic mass is 10.1. The van der Waals surface area contributed by atoms with E-state index in [1.165, 1.54) is 6.92 Å². The number of hydrogen-bond acceptors (Lipinski definition) is 3. The Morgan fingerprint density at radius 3 is 2.50 bits per heavy atom. The number of urea groups is 1. The van der Waals surface area contributed by atoms with Gasteiger partial charge in [0.25, 0.3) is 0 Å². The number of carbonyl (C=O) groups excluding carboxylic acids is 3. The Labute approximate surface area is 129 Å². The average molecular weight is 303 g/mol. The van der Waals surface area contributed by atoms with Gasteiger partial charge in [0.15, 0.2) is 5.78 Å². The Morgan fingerprint density at radius 1 is 1.18 bits per heavy atom. The van der Waals surface area contributed by atoms with E-state index >= 15 is 0 Å². The largest absolute Gasteiger partial charge is 0.341 e. The van der Waals surface area contributed by atoms with Crippen molar-refractivity contribution in [1.82, 2.24) is 10.2 Å². The lowest BCUT2D eigenvalue weighted by Gasteiger charge is -2.21. The number of carbonyl (C=O) groups is 3. The summed E-state index contributed by atoms with van der Waals surface area (Å²) in [5.74, 6) is -0.133. The van der Waals surface area contributed by atoms with Gasteiger partial charge in [-0.3, -0.25) is 9.59 Å². The minimum atomic E-state index is -0.575. The number of nitrogens with zero attached hydrogens (tertiary/aromatic N) is 1. The summed E-state index contributed by atoms with van der Waals surface area (Å²) >= 11 is 0. The molecule has 6 nitrogen and oxygen atoms in total. The standard InChI is InChI=1S/C16H21N3O3/c1-11(15(21)19-8-3-4-9-19)17-16(22)18-14-7-5-6-13(10-14)12(2)20/h5-7,10-11H,3-4,8-9H2,1-2H3,(H2,17,18,22)/t11-/m0/s1. The van der Waals surface area contributed by atoms with Gasteiger partial charge in [-0.15, -0.1) is 0 Å². The van der Waals surface area contributed by atoms with E-state index in [9.17, 15) is 14.4 Å². The number of likely N-dealkylation sites (tertiary alicyclic amines) is 1. The molecule has 1 atom stereocenters. The average Bonchev–Trinajstić information content (AvgIpc) is 3.00. The second-order valence-corrected chi connectivity index (χ2v) is 5.49. The first-order valence-electron chi connectivity index (χ1n) is 7.44. The predicted molar refractivity (Wildman–Crippen MR) is 83.9 cm³/mol. The third kappa shape index (κ3) is 4.07. The molecule has 1 fully saturated rings. The molecule has 0 aliphatic carbocycles. The molecular weight excluding hydrogens is 282 g/mol. The van der Waals surface area contributed by atoms with Crippen molar-refractivity contribution < 1.29 is 14.4 Å². The van der Waals surface area contributed by atoms with Gasteiger partial charge in [-0.25, -0.2) is 4.79 Å². The number of amides is 3. The molecule has 0 unspecified atom stereocenters. The molecule has 0 spiro atoms. The van der Waals surface area contributed by atoms with Crippen molar-refractivity contribution in [3.05, 3.63) is 29.8 Å². The molecule has 2 rings (SSSR count). The molecule has 1 aliphatic rings. The van der Waals surface area contributed by atoms with Crippen LogP contribution in [0.15, 0.2) is 24.3 Å². The topological polar surface area (TPSA) is 78.5 Å². The smallest absolute Gasteiger partial charge is 0.319 e. The van der Waals surface area contributed by atoms with Crippen LogP contribution in [-0.2, 0) is 4.79 Å². The predicted octanol–water partition coefficient (Wildman–Crippen LogP) is 2.02. The minimum absolute atomic E-state index is 0.0647. The molecule has 1 aromatic rings. The van der Waals surface area contributed by atoms with Crippen LogP contribution in [0.1, 0.15) is 37.0 Å². The molecule has 1 aliphatic heterocycles. The summed E-state index contributed by atoms with van der Waals surface area (Å²) in [5.41, 5.74) is 1.05. The molecule has 0 radical (unpaired) electrons. The van der Waals surface area contributed by atoms with E-state index in [0.717, 1.165) is 25.9 Å². The Kier molecular flexibility index (Phi) is 5.14. The van der Waals surface area contributed by atoms with Gasteiger partial charge in [-0.05, 0) is 38.8 Å². The Morgan fingerprint density at radius 2 is 1.86 bits per heavy atom. The number of nitrogens with one attached hydrogen (secondary N) is 2. The maximum absolute atomic E-state index is 12.1. The molecule has 1 heterocycles. The van der Waals surface area contributed by atoms with Gasteiger partial charge in [-0.2, -0.15) is 0 Å². The second kappa shape index (κ2) is 7.06. The maximum atomic E-state index is 12.1. The number of rotatable bonds is 4. The number of Topliss-reactive ketones (excluding diaryl/α,β-unsaturated/α-hetero) is 1. The van der Waals surface area contributed by atoms with Gasteiger partial charge in [-0.1, -0.05) is 12.1 Å². The van der Waals surface area contributed by atoms with E-state index in [-0.39, 0.29) is 11.7 Å². The van der Waals surface area contributed by atoms with Gasteiger partial charge in [0.1, 0.15) is 6.04 Å². The lowest BCUT2D eigenvalue weighted by molar-refractivity contribution is -0.131. The summed E-state index contributed by atoms with van der Waals surface area (Å²) in [4.78, 5) is 37.1. The zero-order valence-corrected chi connectivity index (χ0v) is 12.9. The molecule has 3 amide bonds. The van der Waals surface area contributed by atoms with Crippen LogP contribution >= 0.6 is 0 Å². The first-order chi connectivity index (χ1) is 10.5. The lowest BCUT2D eigenvalue weighted by Crippen LogP contribution is -2.47. The Bertz CT molecular complexity index is 580. The fourth-order valence-corrected chi connectivity index (χ4v) is 2.45. The van der Waals surface area contributed by atoms with Crippen LogP contribution in [0.4, 0.5) is 10.5 Å². The fourth-order valence-electron chi connectivity index (χ4n) is 2.45. The van der Waals surface area contributed by atoms with Crippen molar-refractivity contribution in [3.63, 3.8) is 0 Å². The van der Waals surface area contributed by atoms with Gasteiger partial charge in [0, 0.05) is 24.3 Å². The van der Waals surface area contributed by atoms with Crippen LogP contribution in [0.3, 0.4) is 0 Å². The minimum Gasteiger partial charge on any atom is -0.341 e. The van der Waals surface area contributed by atoms with Crippen molar-refractivity contribution in [1.29, 1.82) is 0 Å². The number of anilines is 1. The van der Waals surface area contributed by atoms with Crippen molar-refractivity contribution in [2.75, 3.05) is 18.4 Å². The van der Waals surface area contributed by atoms with Gasteiger partial charge in [0.05, 0.1) is 0 Å². The summed E-state index contributed by atoms with van der Waals surface area (Å²) in [6.45, 7) is 4.66. The van der Waals surface area contributed by atoms with Crippen molar-refractivity contribution >= 4 is 23.4 Å². The summed E-state index contributed by atoms with van der Waals surface area (Å²) in [7, 11) is 0. The summed E-state index contributed by atoms with van der Waals surface area (Å²) < 4.78 is 0. The molecule has 2 N–H and O–H groups in total. The Hall–Kier alpha value is -2.37. The van der Waals surface area contributed by atoms with Crippen LogP contribution < -0.4 is 10.6 Å². The van der Waals surface area contributed by atoms with Crippen LogP contribution in [0.2, 0.25) is 0 Å². The highest BCUT2D eigenvalue weighted by Gasteiger charge is 2.24. The summed E-state index contributed by atoms with van der Waals surface area (Å²) in [5, 5.41) is 5.27. The van der Waals surface area contributed by atoms with Gasteiger partial charge in [0.2, 0.25) is 5.91 Å². The zero-order valence-electron chi connectivity index (χ0n) is 12.9. The first-order valence-corrected chi connectivity index (χ1v) is 7.44. The van der Waals surface area contributed by atoms with E-state index in [1.54, 1.807) is 36.1 Å². The highest BCUT2D eigenvalue weighted by molar-refractivity contribution is 5.97. The summed E-state index contributed by atoms with van der Waals surface area (Å²) in [6, 6.07) is 5.65. The van der Waals surface area contributed by atoms with E-state index in [0.29, 0.717) is 11.3 Å². The van der Waals surface area contributed by atoms with E-state index in [1.807, 2.05) is 0 Å². The van der Waals surface area contributed by atoms with Crippen LogP contribution in [0, 0.1) is 0 Å². The number of hydrogen-bond donors (Lipinski definition) is 2. The highest BCUT2D eigenvalue weighted by atomic mass is 16.2. The second-order valence-electron chi connectivity index (χ2n) is 5.49. The molecule has 22 heavy (non-hydrogen) atoms. The van der Waals surface area contributed by atoms with Gasteiger partial charge >= 0.3 is 6.03 Å². The zero-order chi connectivity index (χ0) is 16.1. The first kappa shape index (κ1) is 16.0. The number of benzene rings is 1. The maximum Gasteiger partial charge on any atom is 0.319 e. The van der Waals surface area contributed by atoms with E-state index in [4.69, 9.17) is 0 Å². The molecule has 0 aromatic heterocycles. The van der Waals surface area contributed by atoms with E-state index < -0.39 is 12.1 Å². The molecule has 1 saturated heterocycles.